The van der Waals surface area contributed by atoms with E-state index in [9.17, 15) is 0 Å². The molecule has 0 bridgehead atoms. The maximum Gasteiger partial charge on any atom is 0.0254 e. The predicted octanol–water partition coefficient (Wildman–Crippen LogP) is 3.42. The molecule has 0 aromatic heterocycles. The molecule has 18 heavy (non-hydrogen) atoms. The molecule has 2 aliphatic rings. The molecule has 2 rings (SSSR count). The second-order valence-electron chi connectivity index (χ2n) is 7.17. The van der Waals surface area contributed by atoms with Crippen LogP contribution in [0.1, 0.15) is 65.2 Å². The van der Waals surface area contributed by atoms with Crippen LogP contribution in [-0.4, -0.2) is 37.1 Å². The van der Waals surface area contributed by atoms with Gasteiger partial charge in [0.05, 0.1) is 0 Å². The minimum atomic E-state index is 0.542. The van der Waals surface area contributed by atoms with Crippen LogP contribution in [0, 0.1) is 5.41 Å². The van der Waals surface area contributed by atoms with E-state index >= 15 is 0 Å². The Balaban J connectivity index is 2.01. The van der Waals surface area contributed by atoms with Crippen LogP contribution >= 0.6 is 0 Å². The zero-order valence-electron chi connectivity index (χ0n) is 12.7. The third-order valence-electron chi connectivity index (χ3n) is 5.09. The number of rotatable bonds is 2. The summed E-state index contributed by atoms with van der Waals surface area (Å²) in [5.41, 5.74) is 0.542. The summed E-state index contributed by atoms with van der Waals surface area (Å²) in [4.78, 5) is 2.81. The van der Waals surface area contributed by atoms with Crippen LogP contribution in [0.4, 0.5) is 0 Å². The highest BCUT2D eigenvalue weighted by Crippen LogP contribution is 2.37. The molecule has 0 spiro atoms. The first-order valence-electron chi connectivity index (χ1n) is 8.04. The summed E-state index contributed by atoms with van der Waals surface area (Å²) in [5.74, 6) is 0. The van der Waals surface area contributed by atoms with Crippen LogP contribution in [-0.2, 0) is 0 Å². The van der Waals surface area contributed by atoms with Crippen molar-refractivity contribution in [2.75, 3.05) is 20.1 Å². The average molecular weight is 252 g/mol. The Morgan fingerprint density at radius 2 is 1.61 bits per heavy atom. The Morgan fingerprint density at radius 3 is 2.22 bits per heavy atom. The molecule has 1 saturated carbocycles. The molecule has 0 amide bonds. The molecule has 1 N–H and O–H groups in total. The van der Waals surface area contributed by atoms with E-state index in [0.717, 1.165) is 12.1 Å². The molecule has 0 aromatic carbocycles. The van der Waals surface area contributed by atoms with Crippen LogP contribution in [0.25, 0.3) is 0 Å². The van der Waals surface area contributed by atoms with E-state index in [2.05, 4.69) is 31.1 Å². The zero-order valence-corrected chi connectivity index (χ0v) is 12.7. The van der Waals surface area contributed by atoms with Gasteiger partial charge in [-0.25, -0.2) is 0 Å². The van der Waals surface area contributed by atoms with Crippen LogP contribution < -0.4 is 5.32 Å². The number of nitrogens with one attached hydrogen (secondary N) is 1. The molecule has 2 unspecified atom stereocenters. The monoisotopic (exact) mass is 252 g/mol. The molecule has 1 aliphatic heterocycles. The zero-order chi connectivity index (χ0) is 13.0. The predicted molar refractivity (Wildman–Crippen MR) is 78.9 cm³/mol. The molecule has 2 fully saturated rings. The first-order chi connectivity index (χ1) is 8.62. The normalized spacial score (nSPS) is 34.8. The van der Waals surface area contributed by atoms with Gasteiger partial charge in [-0.05, 0) is 57.7 Å². The van der Waals surface area contributed by atoms with E-state index in [4.69, 9.17) is 0 Å². The summed E-state index contributed by atoms with van der Waals surface area (Å²) in [7, 11) is 2.15. The van der Waals surface area contributed by atoms with Gasteiger partial charge in [0, 0.05) is 12.1 Å². The number of hydrogen-bond donors (Lipinski definition) is 1. The van der Waals surface area contributed by atoms with Gasteiger partial charge in [0.2, 0.25) is 0 Å². The Hall–Kier alpha value is -0.0800. The van der Waals surface area contributed by atoms with Crippen molar-refractivity contribution in [2.45, 2.75) is 77.3 Å². The lowest BCUT2D eigenvalue weighted by molar-refractivity contribution is 0.0618. The summed E-state index contributed by atoms with van der Waals surface area (Å²) >= 11 is 0. The Kier molecular flexibility index (Phi) is 5.08. The van der Waals surface area contributed by atoms with E-state index in [1.807, 2.05) is 0 Å². The van der Waals surface area contributed by atoms with Gasteiger partial charge in [0.1, 0.15) is 0 Å². The fourth-order valence-electron chi connectivity index (χ4n) is 3.87. The molecule has 0 radical (unpaired) electrons. The van der Waals surface area contributed by atoms with Crippen molar-refractivity contribution >= 4 is 0 Å². The molecule has 2 atom stereocenters. The lowest BCUT2D eigenvalue weighted by Gasteiger charge is -2.46. The smallest absolute Gasteiger partial charge is 0.0254 e. The quantitative estimate of drug-likeness (QED) is 0.810. The standard InChI is InChI=1S/C16H32N2/c1-16(2)10-9-14(17-3)15(13-16)18-11-7-5-4-6-8-12-18/h14-15,17H,4-13H2,1-3H3. The molecular weight excluding hydrogens is 220 g/mol. The number of likely N-dealkylation sites (tertiary alicyclic amines) is 1. The molecule has 2 nitrogen and oxygen atoms in total. The van der Waals surface area contributed by atoms with Gasteiger partial charge >= 0.3 is 0 Å². The van der Waals surface area contributed by atoms with Gasteiger partial charge in [0.25, 0.3) is 0 Å². The van der Waals surface area contributed by atoms with E-state index < -0.39 is 0 Å². The van der Waals surface area contributed by atoms with Gasteiger partial charge in [-0.15, -0.1) is 0 Å². The third-order valence-corrected chi connectivity index (χ3v) is 5.09. The summed E-state index contributed by atoms with van der Waals surface area (Å²) in [6.45, 7) is 7.57. The van der Waals surface area contributed by atoms with Crippen molar-refractivity contribution in [3.63, 3.8) is 0 Å². The van der Waals surface area contributed by atoms with Crippen molar-refractivity contribution in [2.24, 2.45) is 5.41 Å². The summed E-state index contributed by atoms with van der Waals surface area (Å²) in [6, 6.07) is 1.49. The van der Waals surface area contributed by atoms with Gasteiger partial charge < -0.3 is 5.32 Å². The van der Waals surface area contributed by atoms with Crippen molar-refractivity contribution in [3.8, 4) is 0 Å². The van der Waals surface area contributed by atoms with E-state index in [0.29, 0.717) is 5.41 Å². The highest BCUT2D eigenvalue weighted by atomic mass is 15.2. The van der Waals surface area contributed by atoms with Crippen LogP contribution in [0.5, 0.6) is 0 Å². The van der Waals surface area contributed by atoms with E-state index in [-0.39, 0.29) is 0 Å². The Bertz CT molecular complexity index is 241. The van der Waals surface area contributed by atoms with Crippen LogP contribution in [0.2, 0.25) is 0 Å². The molecule has 106 valence electrons. The highest BCUT2D eigenvalue weighted by Gasteiger charge is 2.37. The Labute approximate surface area is 114 Å². The molecule has 1 aliphatic carbocycles. The highest BCUT2D eigenvalue weighted by molar-refractivity contribution is 4.94. The topological polar surface area (TPSA) is 15.3 Å². The van der Waals surface area contributed by atoms with Gasteiger partial charge in [-0.2, -0.15) is 0 Å². The van der Waals surface area contributed by atoms with Crippen molar-refractivity contribution < 1.29 is 0 Å². The first kappa shape index (κ1) is 14.3. The largest absolute Gasteiger partial charge is 0.315 e. The second kappa shape index (κ2) is 6.38. The van der Waals surface area contributed by atoms with E-state index in [1.54, 1.807) is 0 Å². The van der Waals surface area contributed by atoms with Gasteiger partial charge in [0.15, 0.2) is 0 Å². The number of likely N-dealkylation sites (N-methyl/N-ethyl adjacent to an activating group) is 1. The minimum Gasteiger partial charge on any atom is -0.315 e. The SMILES string of the molecule is CNC1CCC(C)(C)CC1N1CCCCCCC1. The average Bonchev–Trinajstić information content (AvgIpc) is 2.27. The maximum absolute atomic E-state index is 3.58. The van der Waals surface area contributed by atoms with Gasteiger partial charge in [-0.1, -0.05) is 33.1 Å². The first-order valence-corrected chi connectivity index (χ1v) is 8.04. The second-order valence-corrected chi connectivity index (χ2v) is 7.17. The molecular formula is C16H32N2. The maximum atomic E-state index is 3.58. The molecule has 0 aromatic rings. The van der Waals surface area contributed by atoms with Gasteiger partial charge in [-0.3, -0.25) is 4.90 Å². The van der Waals surface area contributed by atoms with Crippen molar-refractivity contribution in [3.05, 3.63) is 0 Å². The summed E-state index contributed by atoms with van der Waals surface area (Å²) in [6.07, 6.45) is 11.3. The fraction of sp³-hybridized carbons (Fsp3) is 1.00. The minimum absolute atomic E-state index is 0.542. The molecule has 1 saturated heterocycles. The number of hydrogen-bond acceptors (Lipinski definition) is 2. The lowest BCUT2D eigenvalue weighted by atomic mass is 9.72. The van der Waals surface area contributed by atoms with Crippen molar-refractivity contribution in [1.82, 2.24) is 10.2 Å². The third kappa shape index (κ3) is 3.71. The van der Waals surface area contributed by atoms with Crippen LogP contribution in [0.3, 0.4) is 0 Å². The number of nitrogens with zero attached hydrogens (tertiary/aromatic N) is 1. The molecule has 1 heterocycles. The van der Waals surface area contributed by atoms with Crippen LogP contribution in [0.15, 0.2) is 0 Å². The van der Waals surface area contributed by atoms with E-state index in [1.165, 1.54) is 64.5 Å². The summed E-state index contributed by atoms with van der Waals surface area (Å²) in [5, 5.41) is 3.58. The lowest BCUT2D eigenvalue weighted by Crippen LogP contribution is -2.54. The fourth-order valence-corrected chi connectivity index (χ4v) is 3.87. The molecule has 2 heteroatoms. The summed E-state index contributed by atoms with van der Waals surface area (Å²) < 4.78 is 0. The van der Waals surface area contributed by atoms with Crippen molar-refractivity contribution in [1.29, 1.82) is 0 Å². The Morgan fingerprint density at radius 1 is 1.00 bits per heavy atom.